The smallest absolute Gasteiger partial charge is 0.227 e. The summed E-state index contributed by atoms with van der Waals surface area (Å²) in [6.45, 7) is 7.60. The SMILES string of the molecule is CCc1ccccc1N1CC(C(=O)NCC2CCCN2CC)CC1=O. The number of aryl methyl sites for hydroxylation is 1. The molecule has 3 rings (SSSR count). The molecule has 2 aliphatic rings. The molecule has 2 saturated heterocycles. The molecule has 2 atom stereocenters. The van der Waals surface area contributed by atoms with E-state index in [1.807, 2.05) is 18.2 Å². The van der Waals surface area contributed by atoms with E-state index in [-0.39, 0.29) is 17.7 Å². The van der Waals surface area contributed by atoms with Crippen LogP contribution in [0.1, 0.15) is 38.7 Å². The van der Waals surface area contributed by atoms with E-state index in [1.165, 1.54) is 6.42 Å². The average molecular weight is 343 g/mol. The Bertz CT molecular complexity index is 631. The number of para-hydroxylation sites is 1. The Labute approximate surface area is 150 Å². The molecule has 0 bridgehead atoms. The van der Waals surface area contributed by atoms with Gasteiger partial charge in [-0.05, 0) is 44.0 Å². The normalized spacial score (nSPS) is 24.1. The van der Waals surface area contributed by atoms with Gasteiger partial charge in [-0.25, -0.2) is 0 Å². The maximum absolute atomic E-state index is 12.6. The van der Waals surface area contributed by atoms with Crippen LogP contribution in [0.4, 0.5) is 5.69 Å². The van der Waals surface area contributed by atoms with Crippen molar-refractivity contribution in [1.82, 2.24) is 10.2 Å². The zero-order valence-electron chi connectivity index (χ0n) is 15.3. The Morgan fingerprint density at radius 1 is 1.28 bits per heavy atom. The van der Waals surface area contributed by atoms with E-state index in [9.17, 15) is 9.59 Å². The molecule has 2 unspecified atom stereocenters. The summed E-state index contributed by atoms with van der Waals surface area (Å²) in [5.41, 5.74) is 2.11. The topological polar surface area (TPSA) is 52.7 Å². The molecule has 1 aromatic carbocycles. The number of hydrogen-bond donors (Lipinski definition) is 1. The number of likely N-dealkylation sites (tertiary alicyclic amines) is 1. The summed E-state index contributed by atoms with van der Waals surface area (Å²) < 4.78 is 0. The van der Waals surface area contributed by atoms with Crippen LogP contribution in [0.5, 0.6) is 0 Å². The summed E-state index contributed by atoms with van der Waals surface area (Å²) in [6.07, 6.45) is 3.54. The minimum absolute atomic E-state index is 0.0211. The predicted molar refractivity (Wildman–Crippen MR) is 99.6 cm³/mol. The first-order chi connectivity index (χ1) is 12.1. The van der Waals surface area contributed by atoms with Crippen LogP contribution in [0.3, 0.4) is 0 Å². The molecule has 5 heteroatoms. The fourth-order valence-electron chi connectivity index (χ4n) is 4.09. The van der Waals surface area contributed by atoms with Gasteiger partial charge in [0, 0.05) is 31.2 Å². The summed E-state index contributed by atoms with van der Waals surface area (Å²) in [6, 6.07) is 8.43. The van der Waals surface area contributed by atoms with Gasteiger partial charge in [0.05, 0.1) is 5.92 Å². The molecule has 5 nitrogen and oxygen atoms in total. The maximum Gasteiger partial charge on any atom is 0.227 e. The molecule has 2 heterocycles. The van der Waals surface area contributed by atoms with Crippen LogP contribution in [0, 0.1) is 5.92 Å². The fraction of sp³-hybridized carbons (Fsp3) is 0.600. The quantitative estimate of drug-likeness (QED) is 0.861. The lowest BCUT2D eigenvalue weighted by atomic mass is 10.1. The van der Waals surface area contributed by atoms with Crippen LogP contribution >= 0.6 is 0 Å². The summed E-state index contributed by atoms with van der Waals surface area (Å²) in [4.78, 5) is 29.2. The molecular formula is C20H29N3O2. The Kier molecular flexibility index (Phi) is 5.74. The fourth-order valence-corrected chi connectivity index (χ4v) is 4.09. The molecule has 1 N–H and O–H groups in total. The first-order valence-corrected chi connectivity index (χ1v) is 9.54. The van der Waals surface area contributed by atoms with Gasteiger partial charge in [0.1, 0.15) is 0 Å². The third-order valence-corrected chi connectivity index (χ3v) is 5.58. The van der Waals surface area contributed by atoms with E-state index in [4.69, 9.17) is 0 Å². The van der Waals surface area contributed by atoms with Gasteiger partial charge in [0.15, 0.2) is 0 Å². The van der Waals surface area contributed by atoms with E-state index in [1.54, 1.807) is 4.90 Å². The first-order valence-electron chi connectivity index (χ1n) is 9.54. The van der Waals surface area contributed by atoms with Gasteiger partial charge in [0.2, 0.25) is 11.8 Å². The molecule has 2 amide bonds. The molecule has 25 heavy (non-hydrogen) atoms. The van der Waals surface area contributed by atoms with E-state index >= 15 is 0 Å². The van der Waals surface area contributed by atoms with Crippen LogP contribution in [0.15, 0.2) is 24.3 Å². The molecule has 0 spiro atoms. The number of carbonyl (C=O) groups excluding carboxylic acids is 2. The van der Waals surface area contributed by atoms with Crippen LogP contribution in [-0.2, 0) is 16.0 Å². The zero-order chi connectivity index (χ0) is 17.8. The van der Waals surface area contributed by atoms with Crippen LogP contribution in [0.25, 0.3) is 0 Å². The zero-order valence-corrected chi connectivity index (χ0v) is 15.3. The average Bonchev–Trinajstić information content (AvgIpc) is 3.25. The number of likely N-dealkylation sites (N-methyl/N-ethyl adjacent to an activating group) is 1. The lowest BCUT2D eigenvalue weighted by Crippen LogP contribution is -2.42. The van der Waals surface area contributed by atoms with Crippen molar-refractivity contribution in [3.05, 3.63) is 29.8 Å². The minimum Gasteiger partial charge on any atom is -0.354 e. The first kappa shape index (κ1) is 17.9. The number of amides is 2. The van der Waals surface area contributed by atoms with Gasteiger partial charge < -0.3 is 10.2 Å². The highest BCUT2D eigenvalue weighted by Gasteiger charge is 2.36. The van der Waals surface area contributed by atoms with Crippen molar-refractivity contribution in [1.29, 1.82) is 0 Å². The third-order valence-electron chi connectivity index (χ3n) is 5.58. The Balaban J connectivity index is 1.59. The number of nitrogens with zero attached hydrogens (tertiary/aromatic N) is 2. The van der Waals surface area contributed by atoms with Gasteiger partial charge in [-0.2, -0.15) is 0 Å². The van der Waals surface area contributed by atoms with Crippen molar-refractivity contribution >= 4 is 17.5 Å². The Hall–Kier alpha value is -1.88. The molecule has 2 fully saturated rings. The highest BCUT2D eigenvalue weighted by atomic mass is 16.2. The number of anilines is 1. The second-order valence-corrected chi connectivity index (χ2v) is 7.06. The maximum atomic E-state index is 12.6. The van der Waals surface area contributed by atoms with Crippen LogP contribution < -0.4 is 10.2 Å². The number of benzene rings is 1. The summed E-state index contributed by atoms with van der Waals surface area (Å²) in [5, 5.41) is 3.09. The number of carbonyl (C=O) groups is 2. The van der Waals surface area contributed by atoms with Gasteiger partial charge >= 0.3 is 0 Å². The Morgan fingerprint density at radius 2 is 2.08 bits per heavy atom. The van der Waals surface area contributed by atoms with Crippen molar-refractivity contribution in [2.75, 3.05) is 31.1 Å². The highest BCUT2D eigenvalue weighted by molar-refractivity contribution is 6.00. The number of rotatable bonds is 6. The van der Waals surface area contributed by atoms with E-state index in [2.05, 4.69) is 30.1 Å². The van der Waals surface area contributed by atoms with Gasteiger partial charge in [-0.1, -0.05) is 32.0 Å². The molecule has 2 aliphatic heterocycles. The van der Waals surface area contributed by atoms with Gasteiger partial charge in [-0.15, -0.1) is 0 Å². The van der Waals surface area contributed by atoms with Crippen molar-refractivity contribution < 1.29 is 9.59 Å². The van der Waals surface area contributed by atoms with Crippen LogP contribution in [0.2, 0.25) is 0 Å². The van der Waals surface area contributed by atoms with Gasteiger partial charge in [0.25, 0.3) is 0 Å². The van der Waals surface area contributed by atoms with Crippen molar-refractivity contribution in [3.63, 3.8) is 0 Å². The lowest BCUT2D eigenvalue weighted by Gasteiger charge is -2.23. The lowest BCUT2D eigenvalue weighted by molar-refractivity contribution is -0.126. The molecule has 1 aromatic rings. The summed E-state index contributed by atoms with van der Waals surface area (Å²) in [5.74, 6) is -0.168. The standard InChI is InChI=1S/C20H29N3O2/c1-3-15-8-5-6-10-18(15)23-14-16(12-19(23)24)20(25)21-13-17-9-7-11-22(17)4-2/h5-6,8,10,16-17H,3-4,7,9,11-14H2,1-2H3,(H,21,25). The number of hydrogen-bond acceptors (Lipinski definition) is 3. The summed E-state index contributed by atoms with van der Waals surface area (Å²) in [7, 11) is 0. The van der Waals surface area contributed by atoms with Crippen molar-refractivity contribution in [2.45, 2.75) is 45.6 Å². The minimum atomic E-state index is -0.242. The molecule has 0 saturated carbocycles. The molecule has 0 radical (unpaired) electrons. The second kappa shape index (κ2) is 8.00. The molecular weight excluding hydrogens is 314 g/mol. The van der Waals surface area contributed by atoms with E-state index in [0.29, 0.717) is 25.6 Å². The monoisotopic (exact) mass is 343 g/mol. The molecule has 0 aliphatic carbocycles. The third kappa shape index (κ3) is 3.87. The number of nitrogens with one attached hydrogen (secondary N) is 1. The van der Waals surface area contributed by atoms with E-state index < -0.39 is 0 Å². The van der Waals surface area contributed by atoms with Gasteiger partial charge in [-0.3, -0.25) is 14.5 Å². The molecule has 0 aromatic heterocycles. The van der Waals surface area contributed by atoms with Crippen molar-refractivity contribution in [3.8, 4) is 0 Å². The second-order valence-electron chi connectivity index (χ2n) is 7.06. The molecule has 136 valence electrons. The van der Waals surface area contributed by atoms with Crippen LogP contribution in [-0.4, -0.2) is 48.9 Å². The van der Waals surface area contributed by atoms with Crippen molar-refractivity contribution in [2.24, 2.45) is 5.92 Å². The Morgan fingerprint density at radius 3 is 2.84 bits per heavy atom. The largest absolute Gasteiger partial charge is 0.354 e. The predicted octanol–water partition coefficient (Wildman–Crippen LogP) is 2.20. The van der Waals surface area contributed by atoms with E-state index in [0.717, 1.165) is 37.2 Å². The highest BCUT2D eigenvalue weighted by Crippen LogP contribution is 2.28. The summed E-state index contributed by atoms with van der Waals surface area (Å²) >= 11 is 0.